The number of hydrogen-bond acceptors (Lipinski definition) is 7. The van der Waals surface area contributed by atoms with E-state index in [0.717, 1.165) is 56.3 Å². The summed E-state index contributed by atoms with van der Waals surface area (Å²) in [4.78, 5) is 13.6. The van der Waals surface area contributed by atoms with Crippen LogP contribution in [0.1, 0.15) is 18.5 Å². The molecule has 1 atom stereocenters. The van der Waals surface area contributed by atoms with Gasteiger partial charge in [0.2, 0.25) is 0 Å². The fourth-order valence-corrected chi connectivity index (χ4v) is 3.51. The first-order chi connectivity index (χ1) is 10.8. The molecule has 2 aliphatic heterocycles. The van der Waals surface area contributed by atoms with Crippen molar-refractivity contribution in [2.75, 3.05) is 44.3 Å². The minimum absolute atomic E-state index is 0.491. The van der Waals surface area contributed by atoms with Gasteiger partial charge in [0.15, 0.2) is 0 Å². The van der Waals surface area contributed by atoms with Crippen LogP contribution in [0.15, 0.2) is 10.9 Å². The van der Waals surface area contributed by atoms with Gasteiger partial charge in [0.1, 0.15) is 17.5 Å². The highest BCUT2D eigenvalue weighted by Gasteiger charge is 2.30. The SMILES string of the molecule is Cc1noc2ncnc(N3CCC[C@@H]3CN3CCOCC3)c12. The number of morpholine rings is 1. The highest BCUT2D eigenvalue weighted by molar-refractivity contribution is 5.88. The van der Waals surface area contributed by atoms with Gasteiger partial charge in [-0.25, -0.2) is 4.98 Å². The minimum Gasteiger partial charge on any atom is -0.379 e. The average Bonchev–Trinajstić information content (AvgIpc) is 3.16. The van der Waals surface area contributed by atoms with E-state index in [1.165, 1.54) is 12.8 Å². The molecule has 0 bridgehead atoms. The molecule has 2 aromatic rings. The van der Waals surface area contributed by atoms with Gasteiger partial charge in [0.05, 0.1) is 18.9 Å². The Bertz CT molecular complexity index is 652. The first-order valence-corrected chi connectivity index (χ1v) is 7.96. The summed E-state index contributed by atoms with van der Waals surface area (Å²) in [6, 6.07) is 0.491. The maximum Gasteiger partial charge on any atom is 0.263 e. The summed E-state index contributed by atoms with van der Waals surface area (Å²) < 4.78 is 10.7. The molecule has 22 heavy (non-hydrogen) atoms. The van der Waals surface area contributed by atoms with E-state index in [4.69, 9.17) is 9.26 Å². The summed E-state index contributed by atoms with van der Waals surface area (Å²) >= 11 is 0. The van der Waals surface area contributed by atoms with E-state index < -0.39 is 0 Å². The zero-order valence-electron chi connectivity index (χ0n) is 12.9. The van der Waals surface area contributed by atoms with Gasteiger partial charge in [-0.2, -0.15) is 4.98 Å². The lowest BCUT2D eigenvalue weighted by molar-refractivity contribution is 0.0355. The average molecular weight is 303 g/mol. The Hall–Kier alpha value is -1.73. The van der Waals surface area contributed by atoms with E-state index in [0.29, 0.717) is 11.8 Å². The molecular weight excluding hydrogens is 282 g/mol. The summed E-state index contributed by atoms with van der Waals surface area (Å²) in [6.45, 7) is 7.78. The number of ether oxygens (including phenoxy) is 1. The van der Waals surface area contributed by atoms with Crippen LogP contribution in [-0.4, -0.2) is 65.5 Å². The highest BCUT2D eigenvalue weighted by atomic mass is 16.5. The number of anilines is 1. The largest absolute Gasteiger partial charge is 0.379 e. The summed E-state index contributed by atoms with van der Waals surface area (Å²) in [5.41, 5.74) is 1.45. The van der Waals surface area contributed by atoms with E-state index in [2.05, 4.69) is 24.9 Å². The van der Waals surface area contributed by atoms with Gasteiger partial charge in [-0.1, -0.05) is 5.16 Å². The Morgan fingerprint density at radius 2 is 2.09 bits per heavy atom. The van der Waals surface area contributed by atoms with Crippen molar-refractivity contribution in [2.24, 2.45) is 0 Å². The highest BCUT2D eigenvalue weighted by Crippen LogP contribution is 2.31. The van der Waals surface area contributed by atoms with Gasteiger partial charge in [-0.3, -0.25) is 4.90 Å². The standard InChI is InChI=1S/C15H21N5O2/c1-11-13-14(16-10-17-15(13)22-18-11)20-4-2-3-12(20)9-19-5-7-21-8-6-19/h10,12H,2-9H2,1H3/t12-/m1/s1. The first-order valence-electron chi connectivity index (χ1n) is 7.96. The molecule has 0 amide bonds. The van der Waals surface area contributed by atoms with Crippen molar-refractivity contribution in [1.29, 1.82) is 0 Å². The summed E-state index contributed by atoms with van der Waals surface area (Å²) in [5.74, 6) is 0.972. The Balaban J connectivity index is 1.60. The summed E-state index contributed by atoms with van der Waals surface area (Å²) in [5, 5.41) is 4.99. The molecule has 4 rings (SSSR count). The van der Waals surface area contributed by atoms with Crippen LogP contribution in [0, 0.1) is 6.92 Å². The Morgan fingerprint density at radius 1 is 1.23 bits per heavy atom. The van der Waals surface area contributed by atoms with Gasteiger partial charge in [0, 0.05) is 32.2 Å². The lowest BCUT2D eigenvalue weighted by Gasteiger charge is -2.33. The van der Waals surface area contributed by atoms with Crippen molar-refractivity contribution in [1.82, 2.24) is 20.0 Å². The van der Waals surface area contributed by atoms with Crippen molar-refractivity contribution in [2.45, 2.75) is 25.8 Å². The molecule has 0 saturated carbocycles. The van der Waals surface area contributed by atoms with E-state index >= 15 is 0 Å². The summed E-state index contributed by atoms with van der Waals surface area (Å²) in [7, 11) is 0. The number of aromatic nitrogens is 3. The van der Waals surface area contributed by atoms with Gasteiger partial charge >= 0.3 is 0 Å². The molecule has 7 nitrogen and oxygen atoms in total. The summed E-state index contributed by atoms with van der Waals surface area (Å²) in [6.07, 6.45) is 3.98. The monoisotopic (exact) mass is 303 g/mol. The topological polar surface area (TPSA) is 67.5 Å². The molecule has 2 saturated heterocycles. The fourth-order valence-electron chi connectivity index (χ4n) is 3.51. The lowest BCUT2D eigenvalue weighted by atomic mass is 10.2. The van der Waals surface area contributed by atoms with Crippen molar-refractivity contribution in [3.8, 4) is 0 Å². The molecule has 0 radical (unpaired) electrons. The van der Waals surface area contributed by atoms with Crippen molar-refractivity contribution < 1.29 is 9.26 Å². The molecule has 118 valence electrons. The van der Waals surface area contributed by atoms with Crippen LogP contribution in [0.4, 0.5) is 5.82 Å². The van der Waals surface area contributed by atoms with E-state index in [-0.39, 0.29) is 0 Å². The normalized spacial score (nSPS) is 23.5. The van der Waals surface area contributed by atoms with E-state index in [1.807, 2.05) is 6.92 Å². The second-order valence-corrected chi connectivity index (χ2v) is 6.05. The lowest BCUT2D eigenvalue weighted by Crippen LogP contribution is -2.45. The maximum absolute atomic E-state index is 5.44. The van der Waals surface area contributed by atoms with Gasteiger partial charge in [0.25, 0.3) is 5.71 Å². The Morgan fingerprint density at radius 3 is 2.95 bits per heavy atom. The molecule has 2 aliphatic rings. The van der Waals surface area contributed by atoms with Gasteiger partial charge in [-0.15, -0.1) is 0 Å². The molecule has 0 aromatic carbocycles. The quantitative estimate of drug-likeness (QED) is 0.844. The van der Waals surface area contributed by atoms with Crippen LogP contribution in [0.5, 0.6) is 0 Å². The third kappa shape index (κ3) is 2.44. The molecule has 2 aromatic heterocycles. The number of rotatable bonds is 3. The van der Waals surface area contributed by atoms with Gasteiger partial charge < -0.3 is 14.2 Å². The molecule has 0 N–H and O–H groups in total. The molecule has 0 spiro atoms. The first kappa shape index (κ1) is 13.9. The molecule has 0 unspecified atom stereocenters. The molecule has 4 heterocycles. The van der Waals surface area contributed by atoms with Crippen LogP contribution in [0.2, 0.25) is 0 Å². The molecular formula is C15H21N5O2. The zero-order chi connectivity index (χ0) is 14.9. The maximum atomic E-state index is 5.44. The van der Waals surface area contributed by atoms with Crippen LogP contribution in [0.25, 0.3) is 11.1 Å². The van der Waals surface area contributed by atoms with E-state index in [9.17, 15) is 0 Å². The Labute approximate surface area is 129 Å². The van der Waals surface area contributed by atoms with Crippen LogP contribution in [0.3, 0.4) is 0 Å². The van der Waals surface area contributed by atoms with Gasteiger partial charge in [-0.05, 0) is 19.8 Å². The van der Waals surface area contributed by atoms with Crippen molar-refractivity contribution in [3.63, 3.8) is 0 Å². The number of aryl methyl sites for hydroxylation is 1. The number of nitrogens with zero attached hydrogens (tertiary/aromatic N) is 5. The second kappa shape index (κ2) is 5.81. The number of fused-ring (bicyclic) bond motifs is 1. The molecule has 0 aliphatic carbocycles. The van der Waals surface area contributed by atoms with Crippen LogP contribution >= 0.6 is 0 Å². The van der Waals surface area contributed by atoms with Crippen molar-refractivity contribution in [3.05, 3.63) is 12.0 Å². The zero-order valence-corrected chi connectivity index (χ0v) is 12.9. The predicted octanol–water partition coefficient (Wildman–Crippen LogP) is 1.23. The smallest absolute Gasteiger partial charge is 0.263 e. The fraction of sp³-hybridized carbons (Fsp3) is 0.667. The number of hydrogen-bond donors (Lipinski definition) is 0. The third-order valence-corrected chi connectivity index (χ3v) is 4.65. The third-order valence-electron chi connectivity index (χ3n) is 4.65. The molecule has 2 fully saturated rings. The van der Waals surface area contributed by atoms with Crippen molar-refractivity contribution >= 4 is 16.9 Å². The van der Waals surface area contributed by atoms with Crippen LogP contribution < -0.4 is 4.90 Å². The Kier molecular flexibility index (Phi) is 3.67. The van der Waals surface area contributed by atoms with Crippen LogP contribution in [-0.2, 0) is 4.74 Å². The second-order valence-electron chi connectivity index (χ2n) is 6.05. The predicted molar refractivity (Wildman–Crippen MR) is 82.0 cm³/mol. The minimum atomic E-state index is 0.491. The molecule has 7 heteroatoms. The van der Waals surface area contributed by atoms with E-state index in [1.54, 1.807) is 6.33 Å².